The second-order valence-electron chi connectivity index (χ2n) is 6.20. The van der Waals surface area contributed by atoms with Gasteiger partial charge in [0.25, 0.3) is 0 Å². The lowest BCUT2D eigenvalue weighted by molar-refractivity contribution is 0.261. The summed E-state index contributed by atoms with van der Waals surface area (Å²) in [6.45, 7) is 2.35. The molecule has 0 saturated heterocycles. The SMILES string of the molecule is CCCCCCCCCCCCCCCCCOS(=O)(=O)O.N. The third-order valence-electron chi connectivity index (χ3n) is 3.98. The van der Waals surface area contributed by atoms with E-state index in [-0.39, 0.29) is 12.8 Å². The largest absolute Gasteiger partial charge is 0.397 e. The quantitative estimate of drug-likeness (QED) is 0.253. The lowest BCUT2D eigenvalue weighted by Crippen LogP contribution is -2.04. The first-order valence-electron chi connectivity index (χ1n) is 9.18. The summed E-state index contributed by atoms with van der Waals surface area (Å²) in [5.74, 6) is 0. The van der Waals surface area contributed by atoms with E-state index in [1.54, 1.807) is 0 Å². The van der Waals surface area contributed by atoms with Crippen molar-refractivity contribution in [3.8, 4) is 0 Å². The van der Waals surface area contributed by atoms with Crippen molar-refractivity contribution in [3.05, 3.63) is 0 Å². The van der Waals surface area contributed by atoms with Gasteiger partial charge >= 0.3 is 10.4 Å². The van der Waals surface area contributed by atoms with Crippen LogP contribution in [0, 0.1) is 0 Å². The second kappa shape index (κ2) is 18.2. The van der Waals surface area contributed by atoms with Gasteiger partial charge in [-0.15, -0.1) is 0 Å². The molecule has 0 unspecified atom stereocenters. The topological polar surface area (TPSA) is 98.6 Å². The summed E-state index contributed by atoms with van der Waals surface area (Å²) >= 11 is 0. The number of rotatable bonds is 17. The smallest absolute Gasteiger partial charge is 0.344 e. The van der Waals surface area contributed by atoms with Crippen molar-refractivity contribution >= 4 is 10.4 Å². The standard InChI is InChI=1S/C17H36O4S.H3N/c1-2-3-4-5-6-7-8-9-10-11-12-13-14-15-16-17-21-22(18,19)20;/h2-17H2,1H3,(H,18,19,20);1H3. The van der Waals surface area contributed by atoms with Gasteiger partial charge in [-0.05, 0) is 6.42 Å². The van der Waals surface area contributed by atoms with Crippen molar-refractivity contribution in [1.82, 2.24) is 6.15 Å². The fourth-order valence-corrected chi connectivity index (χ4v) is 2.97. The van der Waals surface area contributed by atoms with Gasteiger partial charge in [0.1, 0.15) is 0 Å². The predicted octanol–water partition coefficient (Wildman–Crippen LogP) is 5.84. The van der Waals surface area contributed by atoms with Crippen molar-refractivity contribution in [2.75, 3.05) is 6.61 Å². The number of unbranched alkanes of at least 4 members (excludes halogenated alkanes) is 14. The fourth-order valence-electron chi connectivity index (χ4n) is 2.64. The van der Waals surface area contributed by atoms with Crippen molar-refractivity contribution in [1.29, 1.82) is 0 Å². The molecule has 0 rings (SSSR count). The summed E-state index contributed by atoms with van der Waals surface area (Å²) in [5.41, 5.74) is 0. The first kappa shape index (κ1) is 25.1. The highest BCUT2D eigenvalue weighted by molar-refractivity contribution is 7.80. The molecule has 0 radical (unpaired) electrons. The van der Waals surface area contributed by atoms with Crippen LogP contribution in [0.15, 0.2) is 0 Å². The van der Waals surface area contributed by atoms with Crippen LogP contribution in [-0.4, -0.2) is 19.6 Å². The van der Waals surface area contributed by atoms with Crippen LogP contribution in [0.5, 0.6) is 0 Å². The molecule has 0 aromatic heterocycles. The van der Waals surface area contributed by atoms with E-state index in [2.05, 4.69) is 11.1 Å². The summed E-state index contributed by atoms with van der Waals surface area (Å²) in [4.78, 5) is 0. The maximum Gasteiger partial charge on any atom is 0.397 e. The molecule has 23 heavy (non-hydrogen) atoms. The Hall–Kier alpha value is -0.170. The summed E-state index contributed by atoms with van der Waals surface area (Å²) in [6, 6.07) is 0. The van der Waals surface area contributed by atoms with Gasteiger partial charge in [0.05, 0.1) is 6.61 Å². The van der Waals surface area contributed by atoms with Gasteiger partial charge in [-0.3, -0.25) is 4.55 Å². The van der Waals surface area contributed by atoms with Crippen molar-refractivity contribution in [2.45, 2.75) is 103 Å². The van der Waals surface area contributed by atoms with Gasteiger partial charge in [-0.1, -0.05) is 96.8 Å². The molecule has 4 N–H and O–H groups in total. The molecule has 0 aromatic carbocycles. The lowest BCUT2D eigenvalue weighted by Gasteiger charge is -2.03. The molecule has 0 atom stereocenters. The van der Waals surface area contributed by atoms with Crippen LogP contribution in [0.3, 0.4) is 0 Å². The Kier molecular flexibility index (Phi) is 19.8. The molecule has 0 aliphatic heterocycles. The van der Waals surface area contributed by atoms with E-state index < -0.39 is 10.4 Å². The molecule has 0 fully saturated rings. The minimum absolute atomic E-state index is 0. The Labute approximate surface area is 144 Å². The summed E-state index contributed by atoms with van der Waals surface area (Å²) in [7, 11) is -4.24. The number of hydrogen-bond donors (Lipinski definition) is 2. The third-order valence-corrected chi connectivity index (χ3v) is 4.44. The van der Waals surface area contributed by atoms with Crippen molar-refractivity contribution in [3.63, 3.8) is 0 Å². The Balaban J connectivity index is 0. The van der Waals surface area contributed by atoms with E-state index in [1.165, 1.54) is 77.0 Å². The van der Waals surface area contributed by atoms with Crippen LogP contribution in [0.1, 0.15) is 103 Å². The first-order chi connectivity index (χ1) is 10.6. The molecule has 0 heterocycles. The maximum atomic E-state index is 10.3. The third kappa shape index (κ3) is 24.2. The molecule has 0 bridgehead atoms. The minimum atomic E-state index is -4.24. The molecule has 0 amide bonds. The molecule has 0 aliphatic rings. The molecule has 0 aliphatic carbocycles. The van der Waals surface area contributed by atoms with Crippen LogP contribution >= 0.6 is 0 Å². The number of hydrogen-bond acceptors (Lipinski definition) is 4. The Morgan fingerprint density at radius 1 is 0.652 bits per heavy atom. The fraction of sp³-hybridized carbons (Fsp3) is 1.00. The lowest BCUT2D eigenvalue weighted by atomic mass is 10.0. The van der Waals surface area contributed by atoms with Gasteiger partial charge in [0.15, 0.2) is 0 Å². The van der Waals surface area contributed by atoms with Gasteiger partial charge in [-0.25, -0.2) is 4.18 Å². The monoisotopic (exact) mass is 353 g/mol. The molecule has 0 saturated carbocycles. The van der Waals surface area contributed by atoms with Crippen LogP contribution in [-0.2, 0) is 14.6 Å². The Morgan fingerprint density at radius 3 is 1.26 bits per heavy atom. The highest BCUT2D eigenvalue weighted by Crippen LogP contribution is 2.13. The zero-order valence-corrected chi connectivity index (χ0v) is 15.9. The first-order valence-corrected chi connectivity index (χ1v) is 10.5. The van der Waals surface area contributed by atoms with Crippen LogP contribution < -0.4 is 6.15 Å². The maximum absolute atomic E-state index is 10.3. The molecule has 142 valence electrons. The average molecular weight is 354 g/mol. The van der Waals surface area contributed by atoms with E-state index in [1.807, 2.05) is 0 Å². The van der Waals surface area contributed by atoms with Gasteiger partial charge in [0.2, 0.25) is 0 Å². The zero-order valence-electron chi connectivity index (χ0n) is 15.1. The normalized spacial score (nSPS) is 11.4. The Morgan fingerprint density at radius 2 is 0.957 bits per heavy atom. The van der Waals surface area contributed by atoms with E-state index in [4.69, 9.17) is 4.55 Å². The van der Waals surface area contributed by atoms with Gasteiger partial charge < -0.3 is 6.15 Å². The zero-order chi connectivity index (χ0) is 16.5. The van der Waals surface area contributed by atoms with Gasteiger partial charge in [0, 0.05) is 0 Å². The summed E-state index contributed by atoms with van der Waals surface area (Å²) in [6.07, 6.45) is 19.0. The van der Waals surface area contributed by atoms with Crippen molar-refractivity contribution in [2.24, 2.45) is 0 Å². The van der Waals surface area contributed by atoms with Crippen LogP contribution in [0.25, 0.3) is 0 Å². The molecule has 0 aromatic rings. The Bertz CT molecular complexity index is 321. The molecule has 5 nitrogen and oxygen atoms in total. The molecule has 6 heteroatoms. The van der Waals surface area contributed by atoms with E-state index >= 15 is 0 Å². The summed E-state index contributed by atoms with van der Waals surface area (Å²) < 4.78 is 33.3. The second-order valence-corrected chi connectivity index (χ2v) is 7.29. The van der Waals surface area contributed by atoms with Gasteiger partial charge in [-0.2, -0.15) is 8.42 Å². The van der Waals surface area contributed by atoms with Crippen LogP contribution in [0.2, 0.25) is 0 Å². The highest BCUT2D eigenvalue weighted by Gasteiger charge is 2.02. The molecular formula is C17H39NO4S. The molecule has 0 spiro atoms. The predicted molar refractivity (Wildman–Crippen MR) is 97.5 cm³/mol. The average Bonchev–Trinajstić information content (AvgIpc) is 2.45. The van der Waals surface area contributed by atoms with Crippen LogP contribution in [0.4, 0.5) is 0 Å². The minimum Gasteiger partial charge on any atom is -0.344 e. The summed E-state index contributed by atoms with van der Waals surface area (Å²) in [5, 5.41) is 0. The van der Waals surface area contributed by atoms with E-state index in [0.29, 0.717) is 6.42 Å². The van der Waals surface area contributed by atoms with Crippen molar-refractivity contribution < 1.29 is 17.2 Å². The molecular weight excluding hydrogens is 314 g/mol. The highest BCUT2D eigenvalue weighted by atomic mass is 32.3. The van der Waals surface area contributed by atoms with E-state index in [9.17, 15) is 8.42 Å². The van der Waals surface area contributed by atoms with E-state index in [0.717, 1.165) is 12.8 Å².